The van der Waals surface area contributed by atoms with Gasteiger partial charge in [-0.1, -0.05) is 11.6 Å². The van der Waals surface area contributed by atoms with E-state index in [1.165, 1.54) is 6.20 Å². The molecule has 1 unspecified atom stereocenters. The molecule has 1 aliphatic rings. The smallest absolute Gasteiger partial charge is 0.250 e. The van der Waals surface area contributed by atoms with E-state index in [2.05, 4.69) is 9.88 Å². The highest BCUT2D eigenvalue weighted by Gasteiger charge is 2.22. The average Bonchev–Trinajstić information content (AvgIpc) is 2.48. The van der Waals surface area contributed by atoms with Crippen LogP contribution in [0.3, 0.4) is 0 Å². The Hall–Kier alpha value is -1.37. The van der Waals surface area contributed by atoms with Crippen molar-refractivity contribution in [2.45, 2.75) is 25.9 Å². The molecule has 1 atom stereocenters. The zero-order chi connectivity index (χ0) is 17.0. The maximum atomic E-state index is 11.1. The minimum Gasteiger partial charge on any atom is -0.392 e. The summed E-state index contributed by atoms with van der Waals surface area (Å²) in [6, 6.07) is 1.56. The fourth-order valence-electron chi connectivity index (χ4n) is 3.05. The molecule has 0 radical (unpaired) electrons. The maximum Gasteiger partial charge on any atom is 0.250 e. The van der Waals surface area contributed by atoms with E-state index in [0.29, 0.717) is 22.3 Å². The highest BCUT2D eigenvalue weighted by Crippen LogP contribution is 2.26. The second kappa shape index (κ2) is 7.95. The molecule has 0 saturated carbocycles. The highest BCUT2D eigenvalue weighted by molar-refractivity contribution is 6.33. The van der Waals surface area contributed by atoms with Crippen LogP contribution in [0.4, 0.5) is 5.82 Å². The number of carbonyl (C=O) groups excluding carboxylic acids is 1. The number of aliphatic hydroxyl groups excluding tert-OH is 1. The molecule has 1 fully saturated rings. The Kier molecular flexibility index (Phi) is 6.21. The van der Waals surface area contributed by atoms with Crippen molar-refractivity contribution in [1.29, 1.82) is 0 Å². The lowest BCUT2D eigenvalue weighted by Crippen LogP contribution is -2.40. The van der Waals surface area contributed by atoms with Gasteiger partial charge in [-0.3, -0.25) is 4.79 Å². The summed E-state index contributed by atoms with van der Waals surface area (Å²) in [5, 5.41) is 9.89. The molecule has 2 heterocycles. The third kappa shape index (κ3) is 5.06. The number of hydrogen-bond acceptors (Lipinski definition) is 5. The Balaban J connectivity index is 1.90. The van der Waals surface area contributed by atoms with Gasteiger partial charge in [-0.25, -0.2) is 4.98 Å². The van der Waals surface area contributed by atoms with E-state index in [1.54, 1.807) is 6.07 Å². The van der Waals surface area contributed by atoms with Crippen LogP contribution in [0.5, 0.6) is 0 Å². The number of carbonyl (C=O) groups is 1. The fraction of sp³-hybridized carbons (Fsp3) is 0.625. The van der Waals surface area contributed by atoms with E-state index < -0.39 is 5.91 Å². The first kappa shape index (κ1) is 18.0. The molecule has 6 nitrogen and oxygen atoms in total. The Morgan fingerprint density at radius 2 is 2.22 bits per heavy atom. The SMILES string of the molecule is CC(O)CN1CCC(CN(C)c2ncc(C(N)=O)cc2Cl)CC1. The van der Waals surface area contributed by atoms with Crippen molar-refractivity contribution in [1.82, 2.24) is 9.88 Å². The maximum absolute atomic E-state index is 11.1. The van der Waals surface area contributed by atoms with E-state index in [0.717, 1.165) is 39.0 Å². The number of piperidine rings is 1. The normalized spacial score (nSPS) is 17.9. The number of amides is 1. The molecule has 1 aromatic rings. The number of aromatic nitrogens is 1. The third-order valence-corrected chi connectivity index (χ3v) is 4.51. The second-order valence-corrected chi connectivity index (χ2v) is 6.77. The van der Waals surface area contributed by atoms with E-state index >= 15 is 0 Å². The molecular formula is C16H25ClN4O2. The van der Waals surface area contributed by atoms with Crippen molar-refractivity contribution >= 4 is 23.3 Å². The van der Waals surface area contributed by atoms with Crippen LogP contribution in [0.2, 0.25) is 5.02 Å². The quantitative estimate of drug-likeness (QED) is 0.817. The first-order valence-corrected chi connectivity index (χ1v) is 8.31. The summed E-state index contributed by atoms with van der Waals surface area (Å²) >= 11 is 6.22. The van der Waals surface area contributed by atoms with Crippen LogP contribution in [0, 0.1) is 5.92 Å². The van der Waals surface area contributed by atoms with Gasteiger partial charge < -0.3 is 20.6 Å². The number of primary amides is 1. The van der Waals surface area contributed by atoms with Crippen LogP contribution in [-0.4, -0.2) is 60.2 Å². The predicted molar refractivity (Wildman–Crippen MR) is 91.9 cm³/mol. The summed E-state index contributed by atoms with van der Waals surface area (Å²) in [5.74, 6) is 0.709. The van der Waals surface area contributed by atoms with Gasteiger partial charge >= 0.3 is 0 Å². The van der Waals surface area contributed by atoms with Crippen LogP contribution >= 0.6 is 11.6 Å². The number of likely N-dealkylation sites (tertiary alicyclic amines) is 1. The zero-order valence-electron chi connectivity index (χ0n) is 13.7. The predicted octanol–water partition coefficient (Wildman–Crippen LogP) is 1.36. The topological polar surface area (TPSA) is 82.7 Å². The van der Waals surface area contributed by atoms with Crippen LogP contribution in [-0.2, 0) is 0 Å². The lowest BCUT2D eigenvalue weighted by atomic mass is 9.96. The molecule has 0 aromatic carbocycles. The Labute approximate surface area is 142 Å². The number of nitrogens with zero attached hydrogens (tertiary/aromatic N) is 3. The van der Waals surface area contributed by atoms with E-state index in [-0.39, 0.29) is 6.10 Å². The Morgan fingerprint density at radius 1 is 1.57 bits per heavy atom. The summed E-state index contributed by atoms with van der Waals surface area (Å²) in [6.45, 7) is 5.44. The molecule has 23 heavy (non-hydrogen) atoms. The van der Waals surface area contributed by atoms with Crippen LogP contribution in [0.25, 0.3) is 0 Å². The van der Waals surface area contributed by atoms with Gasteiger partial charge in [0.1, 0.15) is 5.82 Å². The number of aliphatic hydroxyl groups is 1. The first-order valence-electron chi connectivity index (χ1n) is 7.93. The molecule has 3 N–H and O–H groups in total. The summed E-state index contributed by atoms with van der Waals surface area (Å²) in [4.78, 5) is 19.7. The molecule has 0 aliphatic carbocycles. The molecule has 1 aromatic heterocycles. The fourth-order valence-corrected chi connectivity index (χ4v) is 3.36. The average molecular weight is 341 g/mol. The van der Waals surface area contributed by atoms with Crippen LogP contribution < -0.4 is 10.6 Å². The van der Waals surface area contributed by atoms with E-state index in [1.807, 2.05) is 18.9 Å². The summed E-state index contributed by atoms with van der Waals surface area (Å²) in [7, 11) is 1.96. The summed E-state index contributed by atoms with van der Waals surface area (Å²) in [5.41, 5.74) is 5.55. The van der Waals surface area contributed by atoms with Crippen molar-refractivity contribution in [2.75, 3.05) is 38.1 Å². The number of nitrogens with two attached hydrogens (primary N) is 1. The molecule has 1 saturated heterocycles. The molecule has 1 amide bonds. The van der Waals surface area contributed by atoms with Crippen molar-refractivity contribution in [3.05, 3.63) is 22.8 Å². The number of anilines is 1. The van der Waals surface area contributed by atoms with Gasteiger partial charge in [0.2, 0.25) is 5.91 Å². The Morgan fingerprint density at radius 3 is 2.74 bits per heavy atom. The van der Waals surface area contributed by atoms with Gasteiger partial charge in [0.15, 0.2) is 0 Å². The van der Waals surface area contributed by atoms with Crippen LogP contribution in [0.1, 0.15) is 30.1 Å². The van der Waals surface area contributed by atoms with Gasteiger partial charge in [-0.05, 0) is 44.8 Å². The molecule has 0 spiro atoms. The van der Waals surface area contributed by atoms with Crippen molar-refractivity contribution in [3.63, 3.8) is 0 Å². The van der Waals surface area contributed by atoms with Crippen LogP contribution in [0.15, 0.2) is 12.3 Å². The lowest BCUT2D eigenvalue weighted by Gasteiger charge is -2.34. The number of β-amino-alcohol motifs (C(OH)–C–C–N with tert-alkyl or cyclic N) is 1. The van der Waals surface area contributed by atoms with Gasteiger partial charge in [0.05, 0.1) is 16.7 Å². The summed E-state index contributed by atoms with van der Waals surface area (Å²) < 4.78 is 0. The minimum absolute atomic E-state index is 0.277. The first-order chi connectivity index (χ1) is 10.9. The number of pyridine rings is 1. The molecule has 2 rings (SSSR count). The zero-order valence-corrected chi connectivity index (χ0v) is 14.5. The third-order valence-electron chi connectivity index (χ3n) is 4.23. The standard InChI is InChI=1S/C16H25ClN4O2/c1-11(22)9-21-5-3-12(4-6-21)10-20(2)16-14(17)7-13(8-19-16)15(18)23/h7-8,11-12,22H,3-6,9-10H2,1-2H3,(H2,18,23). The van der Waals surface area contributed by atoms with Crippen molar-refractivity contribution < 1.29 is 9.90 Å². The van der Waals surface area contributed by atoms with E-state index in [9.17, 15) is 9.90 Å². The largest absolute Gasteiger partial charge is 0.392 e. The minimum atomic E-state index is -0.529. The number of halogens is 1. The Bertz CT molecular complexity index is 545. The molecule has 0 bridgehead atoms. The monoisotopic (exact) mass is 340 g/mol. The molecular weight excluding hydrogens is 316 g/mol. The molecule has 7 heteroatoms. The second-order valence-electron chi connectivity index (χ2n) is 6.37. The number of hydrogen-bond donors (Lipinski definition) is 2. The van der Waals surface area contributed by atoms with Gasteiger partial charge in [0, 0.05) is 26.3 Å². The molecule has 128 valence electrons. The van der Waals surface area contributed by atoms with Gasteiger partial charge in [-0.2, -0.15) is 0 Å². The number of rotatable bonds is 6. The van der Waals surface area contributed by atoms with E-state index in [4.69, 9.17) is 17.3 Å². The lowest BCUT2D eigenvalue weighted by molar-refractivity contribution is 0.0999. The van der Waals surface area contributed by atoms with Crippen molar-refractivity contribution in [2.24, 2.45) is 11.7 Å². The van der Waals surface area contributed by atoms with Gasteiger partial charge in [-0.15, -0.1) is 0 Å². The molecule has 1 aliphatic heterocycles. The summed E-state index contributed by atoms with van der Waals surface area (Å²) in [6.07, 6.45) is 3.37. The highest BCUT2D eigenvalue weighted by atomic mass is 35.5. The van der Waals surface area contributed by atoms with Gasteiger partial charge in [0.25, 0.3) is 0 Å². The van der Waals surface area contributed by atoms with Crippen molar-refractivity contribution in [3.8, 4) is 0 Å².